The van der Waals surface area contributed by atoms with Crippen molar-refractivity contribution in [2.75, 3.05) is 13.6 Å². The van der Waals surface area contributed by atoms with Crippen LogP contribution in [0.3, 0.4) is 0 Å². The van der Waals surface area contributed by atoms with Crippen molar-refractivity contribution in [2.24, 2.45) is 7.05 Å². The molecule has 1 aliphatic rings. The average Bonchev–Trinajstić information content (AvgIpc) is 3.10. The van der Waals surface area contributed by atoms with Crippen molar-refractivity contribution in [3.05, 3.63) is 59.4 Å². The Morgan fingerprint density at radius 1 is 1.29 bits per heavy atom. The molecule has 0 spiro atoms. The number of carbonyl (C=O) groups is 1. The van der Waals surface area contributed by atoms with Gasteiger partial charge < -0.3 is 10.2 Å². The second-order valence-electron chi connectivity index (χ2n) is 6.42. The number of nitrogens with zero attached hydrogens (tertiary/aromatic N) is 3. The van der Waals surface area contributed by atoms with Crippen LogP contribution >= 0.6 is 0 Å². The molecule has 1 amide bonds. The van der Waals surface area contributed by atoms with Crippen LogP contribution in [0.5, 0.6) is 0 Å². The van der Waals surface area contributed by atoms with E-state index in [1.807, 2.05) is 47.9 Å². The first kappa shape index (κ1) is 16.5. The Morgan fingerprint density at radius 2 is 2.04 bits per heavy atom. The molecule has 0 saturated carbocycles. The zero-order valence-corrected chi connectivity index (χ0v) is 14.4. The zero-order chi connectivity index (χ0) is 17.1. The molecule has 1 N–H and O–H groups in total. The van der Waals surface area contributed by atoms with Crippen molar-refractivity contribution in [3.63, 3.8) is 0 Å². The lowest BCUT2D eigenvalue weighted by molar-refractivity contribution is -0.127. The van der Waals surface area contributed by atoms with E-state index in [0.717, 1.165) is 12.2 Å². The molecule has 2 heterocycles. The lowest BCUT2D eigenvalue weighted by Crippen LogP contribution is -2.37. The molecular weight excluding hydrogens is 300 g/mol. The maximum absolute atomic E-state index is 12.2. The van der Waals surface area contributed by atoms with Crippen LogP contribution in [0.15, 0.2) is 48.2 Å². The van der Waals surface area contributed by atoms with Gasteiger partial charge in [0, 0.05) is 39.3 Å². The van der Waals surface area contributed by atoms with Crippen LogP contribution < -0.4 is 5.32 Å². The fraction of sp³-hybridized carbons (Fsp3) is 0.368. The van der Waals surface area contributed by atoms with Crippen LogP contribution in [0.1, 0.15) is 30.6 Å². The Hall–Kier alpha value is -2.40. The molecule has 1 saturated heterocycles. The van der Waals surface area contributed by atoms with Gasteiger partial charge in [0.25, 0.3) is 0 Å². The fourth-order valence-electron chi connectivity index (χ4n) is 3.31. The first-order valence-corrected chi connectivity index (χ1v) is 8.25. The molecule has 0 aliphatic carbocycles. The average molecular weight is 324 g/mol. The number of carbonyl (C=O) groups excluding carboxylic acids is 1. The molecule has 126 valence electrons. The highest BCUT2D eigenvalue weighted by molar-refractivity contribution is 5.80. The Labute approximate surface area is 143 Å². The highest BCUT2D eigenvalue weighted by Gasteiger charge is 2.39. The number of likely N-dealkylation sites (tertiary alicyclic amines) is 1. The summed E-state index contributed by atoms with van der Waals surface area (Å²) in [6.07, 6.45) is 4.47. The van der Waals surface area contributed by atoms with E-state index >= 15 is 0 Å². The monoisotopic (exact) mass is 324 g/mol. The van der Waals surface area contributed by atoms with Gasteiger partial charge in [-0.2, -0.15) is 5.10 Å². The summed E-state index contributed by atoms with van der Waals surface area (Å²) in [5.74, 6) is 0.170. The number of rotatable bonds is 5. The Bertz CT molecular complexity index is 735. The summed E-state index contributed by atoms with van der Waals surface area (Å²) in [4.78, 5) is 14.0. The second kappa shape index (κ2) is 7.01. The van der Waals surface area contributed by atoms with Gasteiger partial charge in [-0.1, -0.05) is 42.0 Å². The number of nitrogens with one attached hydrogen (secondary N) is 1. The molecule has 0 unspecified atom stereocenters. The third kappa shape index (κ3) is 3.41. The Balaban J connectivity index is 1.70. The van der Waals surface area contributed by atoms with E-state index in [1.54, 1.807) is 6.20 Å². The SMILES string of the molecule is C/C(=C\c1ccccc1)CN[C@@H]1CC(=O)N(C)[C@H]1c1ccnn1C. The van der Waals surface area contributed by atoms with Gasteiger partial charge in [0.15, 0.2) is 0 Å². The molecule has 0 bridgehead atoms. The summed E-state index contributed by atoms with van der Waals surface area (Å²) in [6.45, 7) is 2.87. The third-order valence-corrected chi connectivity index (χ3v) is 4.60. The van der Waals surface area contributed by atoms with E-state index in [4.69, 9.17) is 0 Å². The predicted molar refractivity (Wildman–Crippen MR) is 95.2 cm³/mol. The highest BCUT2D eigenvalue weighted by Crippen LogP contribution is 2.31. The number of amides is 1. The maximum Gasteiger partial charge on any atom is 0.224 e. The Morgan fingerprint density at radius 3 is 2.71 bits per heavy atom. The van der Waals surface area contributed by atoms with Gasteiger partial charge in [0.05, 0.1) is 11.7 Å². The zero-order valence-electron chi connectivity index (χ0n) is 14.4. The van der Waals surface area contributed by atoms with E-state index in [1.165, 1.54) is 11.1 Å². The highest BCUT2D eigenvalue weighted by atomic mass is 16.2. The van der Waals surface area contributed by atoms with Crippen molar-refractivity contribution in [1.82, 2.24) is 20.0 Å². The molecule has 1 fully saturated rings. The lowest BCUT2D eigenvalue weighted by Gasteiger charge is -2.26. The van der Waals surface area contributed by atoms with Crippen LogP contribution in [0, 0.1) is 0 Å². The van der Waals surface area contributed by atoms with Gasteiger partial charge in [-0.25, -0.2) is 0 Å². The van der Waals surface area contributed by atoms with Crippen molar-refractivity contribution in [1.29, 1.82) is 0 Å². The molecule has 3 rings (SSSR count). The van der Waals surface area contributed by atoms with Gasteiger partial charge in [0.1, 0.15) is 0 Å². The van der Waals surface area contributed by atoms with E-state index in [0.29, 0.717) is 6.42 Å². The minimum absolute atomic E-state index is 0.0227. The Kier molecular flexibility index (Phi) is 4.81. The molecule has 5 heteroatoms. The van der Waals surface area contributed by atoms with Gasteiger partial charge in [-0.15, -0.1) is 0 Å². The molecule has 24 heavy (non-hydrogen) atoms. The summed E-state index contributed by atoms with van der Waals surface area (Å²) in [5, 5.41) is 7.80. The molecule has 0 radical (unpaired) electrons. The number of likely N-dealkylation sites (N-methyl/N-ethyl adjacent to an activating group) is 1. The molecular formula is C19H24N4O. The summed E-state index contributed by atoms with van der Waals surface area (Å²) in [5.41, 5.74) is 3.50. The number of hydrogen-bond acceptors (Lipinski definition) is 3. The quantitative estimate of drug-likeness (QED) is 0.919. The lowest BCUT2D eigenvalue weighted by atomic mass is 10.0. The number of aromatic nitrogens is 2. The first-order valence-electron chi connectivity index (χ1n) is 8.25. The third-order valence-electron chi connectivity index (χ3n) is 4.60. The molecule has 1 aliphatic heterocycles. The van der Waals surface area contributed by atoms with Gasteiger partial charge >= 0.3 is 0 Å². The van der Waals surface area contributed by atoms with Crippen LogP contribution in [0.2, 0.25) is 0 Å². The maximum atomic E-state index is 12.2. The molecule has 2 aromatic rings. The fourth-order valence-corrected chi connectivity index (χ4v) is 3.31. The summed E-state index contributed by atoms with van der Waals surface area (Å²) in [6, 6.07) is 12.4. The topological polar surface area (TPSA) is 50.2 Å². The van der Waals surface area contributed by atoms with E-state index < -0.39 is 0 Å². The van der Waals surface area contributed by atoms with Crippen molar-refractivity contribution < 1.29 is 4.79 Å². The second-order valence-corrected chi connectivity index (χ2v) is 6.42. The van der Waals surface area contributed by atoms with E-state index in [9.17, 15) is 4.79 Å². The summed E-state index contributed by atoms with van der Waals surface area (Å²) < 4.78 is 1.85. The standard InChI is InChI=1S/C19H24N4O/c1-14(11-15-7-5-4-6-8-15)13-20-16-12-18(24)22(2)19(16)17-9-10-21-23(17)3/h4-11,16,19-20H,12-13H2,1-3H3/b14-11+/t16-,19-/m1/s1. The van der Waals surface area contributed by atoms with E-state index in [2.05, 4.69) is 35.5 Å². The minimum Gasteiger partial charge on any atom is -0.336 e. The summed E-state index contributed by atoms with van der Waals surface area (Å²) >= 11 is 0. The van der Waals surface area contributed by atoms with Gasteiger partial charge in [-0.3, -0.25) is 9.48 Å². The molecule has 5 nitrogen and oxygen atoms in total. The van der Waals surface area contributed by atoms with E-state index in [-0.39, 0.29) is 18.0 Å². The van der Waals surface area contributed by atoms with Crippen molar-refractivity contribution >= 4 is 12.0 Å². The van der Waals surface area contributed by atoms with Gasteiger partial charge in [0.2, 0.25) is 5.91 Å². The van der Waals surface area contributed by atoms with Crippen molar-refractivity contribution in [3.8, 4) is 0 Å². The van der Waals surface area contributed by atoms with Crippen molar-refractivity contribution in [2.45, 2.75) is 25.4 Å². The predicted octanol–water partition coefficient (Wildman–Crippen LogP) is 2.39. The molecule has 1 aromatic heterocycles. The van der Waals surface area contributed by atoms with Crippen LogP contribution in [-0.2, 0) is 11.8 Å². The normalized spacial score (nSPS) is 21.5. The van der Waals surface area contributed by atoms with Crippen LogP contribution in [-0.4, -0.2) is 40.2 Å². The largest absolute Gasteiger partial charge is 0.336 e. The van der Waals surface area contributed by atoms with Crippen LogP contribution in [0.25, 0.3) is 6.08 Å². The molecule has 1 aromatic carbocycles. The van der Waals surface area contributed by atoms with Gasteiger partial charge in [-0.05, 0) is 18.6 Å². The first-order chi connectivity index (χ1) is 11.6. The minimum atomic E-state index is 0.0227. The molecule has 2 atom stereocenters. The number of hydrogen-bond donors (Lipinski definition) is 1. The number of aryl methyl sites for hydroxylation is 1. The number of benzene rings is 1. The van der Waals surface area contributed by atoms with Crippen LogP contribution in [0.4, 0.5) is 0 Å². The summed E-state index contributed by atoms with van der Waals surface area (Å²) in [7, 11) is 3.79. The smallest absolute Gasteiger partial charge is 0.224 e.